The number of para-hydroxylation sites is 2. The van der Waals surface area contributed by atoms with E-state index in [0.29, 0.717) is 5.88 Å². The molecule has 1 aromatic carbocycles. The first-order valence-corrected chi connectivity index (χ1v) is 8.27. The molecule has 0 unspecified atom stereocenters. The van der Waals surface area contributed by atoms with E-state index in [1.54, 1.807) is 13.4 Å². The smallest absolute Gasteiger partial charge is 0.220 e. The molecular weight excluding hydrogens is 304 g/mol. The van der Waals surface area contributed by atoms with Crippen LogP contribution in [0.5, 0.6) is 5.88 Å². The number of aromatic nitrogens is 3. The lowest BCUT2D eigenvalue weighted by Gasteiger charge is -2.28. The van der Waals surface area contributed by atoms with Gasteiger partial charge < -0.3 is 9.15 Å². The van der Waals surface area contributed by atoms with E-state index in [9.17, 15) is 0 Å². The van der Waals surface area contributed by atoms with E-state index < -0.39 is 0 Å². The molecule has 0 aliphatic carbocycles. The summed E-state index contributed by atoms with van der Waals surface area (Å²) in [6, 6.07) is 7.89. The molecule has 0 saturated heterocycles. The van der Waals surface area contributed by atoms with Gasteiger partial charge in [-0.3, -0.25) is 4.90 Å². The largest absolute Gasteiger partial charge is 0.481 e. The number of aryl methyl sites for hydroxylation is 1. The molecule has 3 aromatic rings. The Labute approximate surface area is 140 Å². The third kappa shape index (κ3) is 2.97. The summed E-state index contributed by atoms with van der Waals surface area (Å²) in [4.78, 5) is 15.5. The highest BCUT2D eigenvalue weighted by atomic mass is 16.5. The summed E-state index contributed by atoms with van der Waals surface area (Å²) in [5.41, 5.74) is 4.02. The second kappa shape index (κ2) is 6.57. The van der Waals surface area contributed by atoms with Crippen LogP contribution in [0.1, 0.15) is 23.6 Å². The molecule has 24 heavy (non-hydrogen) atoms. The van der Waals surface area contributed by atoms with Crippen molar-refractivity contribution in [3.8, 4) is 5.88 Å². The Morgan fingerprint density at radius 2 is 2.17 bits per heavy atom. The lowest BCUT2D eigenvalue weighted by molar-refractivity contribution is 0.239. The molecule has 0 bridgehead atoms. The van der Waals surface area contributed by atoms with Crippen LogP contribution in [0, 0.1) is 0 Å². The molecule has 0 saturated carbocycles. The predicted octanol–water partition coefficient (Wildman–Crippen LogP) is 2.62. The number of oxazole rings is 1. The molecule has 1 aliphatic heterocycles. The molecule has 0 atom stereocenters. The van der Waals surface area contributed by atoms with E-state index in [0.717, 1.165) is 67.1 Å². The van der Waals surface area contributed by atoms with Crippen molar-refractivity contribution in [1.82, 2.24) is 19.9 Å². The molecule has 0 N–H and O–H groups in total. The number of methoxy groups -OCH3 is 1. The third-order valence-electron chi connectivity index (χ3n) is 4.44. The van der Waals surface area contributed by atoms with Gasteiger partial charge in [-0.1, -0.05) is 12.1 Å². The highest BCUT2D eigenvalue weighted by molar-refractivity contribution is 5.72. The highest BCUT2D eigenvalue weighted by Gasteiger charge is 2.21. The van der Waals surface area contributed by atoms with E-state index in [1.807, 2.05) is 24.3 Å². The molecule has 124 valence electrons. The van der Waals surface area contributed by atoms with Crippen molar-refractivity contribution in [2.45, 2.75) is 25.8 Å². The quantitative estimate of drug-likeness (QED) is 0.719. The zero-order chi connectivity index (χ0) is 16.4. The van der Waals surface area contributed by atoms with E-state index in [1.165, 1.54) is 0 Å². The number of rotatable bonds is 5. The zero-order valence-corrected chi connectivity index (χ0v) is 13.7. The number of hydrogen-bond acceptors (Lipinski definition) is 6. The summed E-state index contributed by atoms with van der Waals surface area (Å²) < 4.78 is 11.1. The van der Waals surface area contributed by atoms with E-state index >= 15 is 0 Å². The Bertz CT molecular complexity index is 799. The minimum Gasteiger partial charge on any atom is -0.481 e. The van der Waals surface area contributed by atoms with Gasteiger partial charge >= 0.3 is 0 Å². The first-order chi connectivity index (χ1) is 11.8. The van der Waals surface area contributed by atoms with Crippen molar-refractivity contribution in [3.05, 3.63) is 47.7 Å². The van der Waals surface area contributed by atoms with Crippen LogP contribution in [0.2, 0.25) is 0 Å². The minimum absolute atomic E-state index is 0.698. The molecule has 6 heteroatoms. The summed E-state index contributed by atoms with van der Waals surface area (Å²) in [7, 11) is 1.66. The van der Waals surface area contributed by atoms with Gasteiger partial charge in [0.1, 0.15) is 11.8 Å². The predicted molar refractivity (Wildman–Crippen MR) is 89.9 cm³/mol. The van der Waals surface area contributed by atoms with Gasteiger partial charge in [0.2, 0.25) is 5.88 Å². The first kappa shape index (κ1) is 15.1. The van der Waals surface area contributed by atoms with Crippen molar-refractivity contribution in [2.75, 3.05) is 20.2 Å². The maximum Gasteiger partial charge on any atom is 0.220 e. The molecule has 3 heterocycles. The standard InChI is InChI=1S/C18H20N4O2/c1-23-18-13-11-22(10-8-14(13)19-12-20-18)9-4-7-17-21-15-5-2-3-6-16(15)24-17/h2-3,5-6,12H,4,7-11H2,1H3. The second-order valence-corrected chi connectivity index (χ2v) is 6.01. The van der Waals surface area contributed by atoms with Crippen LogP contribution in [-0.2, 0) is 19.4 Å². The fourth-order valence-electron chi connectivity index (χ4n) is 3.22. The first-order valence-electron chi connectivity index (χ1n) is 8.27. The summed E-state index contributed by atoms with van der Waals surface area (Å²) in [6.07, 6.45) is 4.39. The fourth-order valence-corrected chi connectivity index (χ4v) is 3.22. The van der Waals surface area contributed by atoms with Gasteiger partial charge in [-0.25, -0.2) is 15.0 Å². The van der Waals surface area contributed by atoms with Crippen LogP contribution in [0.15, 0.2) is 35.0 Å². The minimum atomic E-state index is 0.698. The van der Waals surface area contributed by atoms with Crippen molar-refractivity contribution in [2.24, 2.45) is 0 Å². The molecule has 4 rings (SSSR count). The second-order valence-electron chi connectivity index (χ2n) is 6.01. The zero-order valence-electron chi connectivity index (χ0n) is 13.7. The van der Waals surface area contributed by atoms with E-state index in [2.05, 4.69) is 19.9 Å². The van der Waals surface area contributed by atoms with Gasteiger partial charge in [-0.05, 0) is 25.1 Å². The van der Waals surface area contributed by atoms with Crippen LogP contribution in [-0.4, -0.2) is 40.1 Å². The normalized spacial score (nSPS) is 14.7. The van der Waals surface area contributed by atoms with Gasteiger partial charge in [-0.2, -0.15) is 0 Å². The summed E-state index contributed by atoms with van der Waals surface area (Å²) in [5, 5.41) is 0. The number of benzene rings is 1. The number of nitrogens with zero attached hydrogens (tertiary/aromatic N) is 4. The van der Waals surface area contributed by atoms with Crippen molar-refractivity contribution >= 4 is 11.1 Å². The van der Waals surface area contributed by atoms with Gasteiger partial charge in [0.15, 0.2) is 11.5 Å². The molecule has 0 spiro atoms. The van der Waals surface area contributed by atoms with E-state index in [-0.39, 0.29) is 0 Å². The lowest BCUT2D eigenvalue weighted by Crippen LogP contribution is -2.32. The van der Waals surface area contributed by atoms with Gasteiger partial charge in [0, 0.05) is 31.5 Å². The van der Waals surface area contributed by atoms with Crippen LogP contribution in [0.25, 0.3) is 11.1 Å². The number of fused-ring (bicyclic) bond motifs is 2. The van der Waals surface area contributed by atoms with Crippen molar-refractivity contribution in [1.29, 1.82) is 0 Å². The summed E-state index contributed by atoms with van der Waals surface area (Å²) in [6.45, 7) is 2.85. The highest BCUT2D eigenvalue weighted by Crippen LogP contribution is 2.24. The Balaban J connectivity index is 1.36. The monoisotopic (exact) mass is 324 g/mol. The Morgan fingerprint density at radius 1 is 1.25 bits per heavy atom. The maximum absolute atomic E-state index is 5.78. The summed E-state index contributed by atoms with van der Waals surface area (Å²) >= 11 is 0. The molecule has 0 fully saturated rings. The fraction of sp³-hybridized carbons (Fsp3) is 0.389. The SMILES string of the molecule is COc1ncnc2c1CN(CCCc1nc3ccccc3o1)CC2. The van der Waals surface area contributed by atoms with Crippen molar-refractivity contribution in [3.63, 3.8) is 0 Å². The van der Waals surface area contributed by atoms with Gasteiger partial charge in [0.25, 0.3) is 0 Å². The van der Waals surface area contributed by atoms with Crippen LogP contribution < -0.4 is 4.74 Å². The van der Waals surface area contributed by atoms with Gasteiger partial charge in [-0.15, -0.1) is 0 Å². The van der Waals surface area contributed by atoms with Crippen molar-refractivity contribution < 1.29 is 9.15 Å². The summed E-state index contributed by atoms with van der Waals surface area (Å²) in [5.74, 6) is 1.51. The Kier molecular flexibility index (Phi) is 4.13. The van der Waals surface area contributed by atoms with Crippen LogP contribution in [0.3, 0.4) is 0 Å². The molecule has 1 aliphatic rings. The molecule has 0 radical (unpaired) electrons. The lowest BCUT2D eigenvalue weighted by atomic mass is 10.1. The molecular formula is C18H20N4O2. The number of ether oxygens (including phenoxy) is 1. The average Bonchev–Trinajstić information content (AvgIpc) is 3.04. The van der Waals surface area contributed by atoms with Crippen LogP contribution >= 0.6 is 0 Å². The maximum atomic E-state index is 5.78. The van der Waals surface area contributed by atoms with E-state index in [4.69, 9.17) is 9.15 Å². The Hall–Kier alpha value is -2.47. The molecule has 0 amide bonds. The Morgan fingerprint density at radius 3 is 3.04 bits per heavy atom. The topological polar surface area (TPSA) is 64.3 Å². The van der Waals surface area contributed by atoms with Gasteiger partial charge in [0.05, 0.1) is 12.8 Å². The molecule has 6 nitrogen and oxygen atoms in total. The molecule has 2 aromatic heterocycles. The average molecular weight is 324 g/mol. The van der Waals surface area contributed by atoms with Crippen LogP contribution in [0.4, 0.5) is 0 Å². The number of hydrogen-bond donors (Lipinski definition) is 0. The third-order valence-corrected chi connectivity index (χ3v) is 4.44.